The summed E-state index contributed by atoms with van der Waals surface area (Å²) in [6, 6.07) is 10.0. The number of carbonyl (C=O) groups excluding carboxylic acids is 1. The van der Waals surface area contributed by atoms with E-state index in [1.165, 1.54) is 48.2 Å². The summed E-state index contributed by atoms with van der Waals surface area (Å²) in [5.74, 6) is -0.307. The van der Waals surface area contributed by atoms with E-state index < -0.39 is 25.3 Å². The molecule has 10 nitrogen and oxygen atoms in total. The molecule has 3 rings (SSSR count). The number of anilines is 1. The Labute approximate surface area is 190 Å². The van der Waals surface area contributed by atoms with Gasteiger partial charge < -0.3 is 9.88 Å². The Hall–Kier alpha value is -2.45. The van der Waals surface area contributed by atoms with Gasteiger partial charge in [0.15, 0.2) is 5.16 Å². The van der Waals surface area contributed by atoms with Crippen LogP contribution in [0, 0.1) is 0 Å². The summed E-state index contributed by atoms with van der Waals surface area (Å²) < 4.78 is 47.9. The van der Waals surface area contributed by atoms with E-state index in [-0.39, 0.29) is 15.7 Å². The molecule has 0 aliphatic heterocycles. The van der Waals surface area contributed by atoms with Crippen molar-refractivity contribution in [3.63, 3.8) is 0 Å². The molecular weight excluding hydrogens is 474 g/mol. The smallest absolute Gasteiger partial charge is 0.238 e. The summed E-state index contributed by atoms with van der Waals surface area (Å²) in [7, 11) is -7.67. The Bertz CT molecular complexity index is 1370. The molecule has 0 saturated carbocycles. The number of fused-ring (bicyclic) bond motifs is 1. The summed E-state index contributed by atoms with van der Waals surface area (Å²) >= 11 is 1.23. The van der Waals surface area contributed by atoms with Crippen molar-refractivity contribution >= 4 is 54.4 Å². The predicted molar refractivity (Wildman–Crippen MR) is 123 cm³/mol. The van der Waals surface area contributed by atoms with Crippen molar-refractivity contribution in [2.75, 3.05) is 5.32 Å². The molecule has 172 valence electrons. The third-order valence-electron chi connectivity index (χ3n) is 4.56. The van der Waals surface area contributed by atoms with Crippen LogP contribution in [0.1, 0.15) is 20.3 Å². The fraction of sp³-hybridized carbons (Fsp3) is 0.263. The average Bonchev–Trinajstić information content (AvgIpc) is 3.03. The molecule has 0 bridgehead atoms. The number of aromatic nitrogens is 2. The van der Waals surface area contributed by atoms with Crippen molar-refractivity contribution in [3.8, 4) is 0 Å². The van der Waals surface area contributed by atoms with Gasteiger partial charge in [-0.15, -0.1) is 0 Å². The molecule has 1 heterocycles. The second-order valence-electron chi connectivity index (χ2n) is 7.06. The number of sulfonamides is 2. The summed E-state index contributed by atoms with van der Waals surface area (Å²) in [5, 5.41) is 13.0. The van der Waals surface area contributed by atoms with Crippen molar-refractivity contribution in [1.82, 2.24) is 9.55 Å². The Morgan fingerprint density at radius 2 is 1.66 bits per heavy atom. The Morgan fingerprint density at radius 1 is 1.06 bits per heavy atom. The molecule has 32 heavy (non-hydrogen) atoms. The largest absolute Gasteiger partial charge is 0.325 e. The monoisotopic (exact) mass is 497 g/mol. The number of nitrogens with zero attached hydrogens (tertiary/aromatic N) is 2. The van der Waals surface area contributed by atoms with Crippen LogP contribution in [-0.4, -0.2) is 37.5 Å². The van der Waals surface area contributed by atoms with E-state index in [1.54, 1.807) is 13.0 Å². The van der Waals surface area contributed by atoms with E-state index in [1.807, 2.05) is 11.5 Å². The maximum Gasteiger partial charge on any atom is 0.238 e. The highest BCUT2D eigenvalue weighted by Gasteiger charge is 2.21. The van der Waals surface area contributed by atoms with Crippen LogP contribution in [0.2, 0.25) is 0 Å². The molecule has 1 amide bonds. The van der Waals surface area contributed by atoms with Crippen LogP contribution in [-0.2, 0) is 31.4 Å². The highest BCUT2D eigenvalue weighted by atomic mass is 32.2. The van der Waals surface area contributed by atoms with Crippen molar-refractivity contribution in [2.24, 2.45) is 10.3 Å². The lowest BCUT2D eigenvalue weighted by atomic mass is 10.3. The summed E-state index contributed by atoms with van der Waals surface area (Å²) in [4.78, 5) is 17.1. The Balaban J connectivity index is 1.82. The average molecular weight is 498 g/mol. The van der Waals surface area contributed by atoms with Crippen LogP contribution in [0.4, 0.5) is 5.69 Å². The molecule has 3 aromatic rings. The van der Waals surface area contributed by atoms with Gasteiger partial charge in [-0.05, 0) is 55.8 Å². The zero-order valence-electron chi connectivity index (χ0n) is 17.3. The normalized spacial score (nSPS) is 13.2. The van der Waals surface area contributed by atoms with Gasteiger partial charge in [0.05, 0.1) is 26.1 Å². The highest BCUT2D eigenvalue weighted by Crippen LogP contribution is 2.29. The lowest BCUT2D eigenvalue weighted by molar-refractivity contribution is -0.115. The number of rotatable bonds is 8. The van der Waals surface area contributed by atoms with Gasteiger partial charge in [0, 0.05) is 12.2 Å². The predicted octanol–water partition coefficient (Wildman–Crippen LogP) is 1.86. The van der Waals surface area contributed by atoms with Gasteiger partial charge >= 0.3 is 0 Å². The van der Waals surface area contributed by atoms with E-state index in [2.05, 4.69) is 10.3 Å². The molecule has 0 spiro atoms. The topological polar surface area (TPSA) is 167 Å². The van der Waals surface area contributed by atoms with Crippen LogP contribution in [0.3, 0.4) is 0 Å². The Morgan fingerprint density at radius 3 is 2.22 bits per heavy atom. The van der Waals surface area contributed by atoms with Gasteiger partial charge in [-0.2, -0.15) is 0 Å². The van der Waals surface area contributed by atoms with Crippen LogP contribution < -0.4 is 15.6 Å². The number of nitrogens with two attached hydrogens (primary N) is 2. The number of hydrogen-bond acceptors (Lipinski definition) is 7. The molecule has 0 aliphatic rings. The van der Waals surface area contributed by atoms with Crippen molar-refractivity contribution in [2.45, 2.75) is 47.0 Å². The highest BCUT2D eigenvalue weighted by molar-refractivity contribution is 8.00. The van der Waals surface area contributed by atoms with Crippen molar-refractivity contribution in [1.29, 1.82) is 0 Å². The Kier molecular flexibility index (Phi) is 6.95. The van der Waals surface area contributed by atoms with E-state index in [9.17, 15) is 21.6 Å². The first-order valence-corrected chi connectivity index (χ1v) is 13.5. The van der Waals surface area contributed by atoms with Gasteiger partial charge in [-0.25, -0.2) is 32.1 Å². The van der Waals surface area contributed by atoms with E-state index in [0.29, 0.717) is 22.9 Å². The second-order valence-corrected chi connectivity index (χ2v) is 11.5. The standard InChI is InChI=1S/C19H23N5O5S3/c1-3-10-24-17-9-8-15(32(21,28)29)11-16(17)23-19(24)30-12(2)18(25)22-13-4-6-14(7-5-13)31(20,26)27/h4-9,11-12H,3,10H2,1-2H3,(H,22,25)(H2,20,26,27)(H2,21,28,29)/t12-/m1/s1. The molecule has 2 aromatic carbocycles. The van der Waals surface area contributed by atoms with Crippen molar-refractivity contribution in [3.05, 3.63) is 42.5 Å². The second kappa shape index (κ2) is 9.19. The molecule has 0 unspecified atom stereocenters. The van der Waals surface area contributed by atoms with Crippen LogP contribution >= 0.6 is 11.8 Å². The number of carbonyl (C=O) groups is 1. The first kappa shape index (κ1) is 24.2. The minimum Gasteiger partial charge on any atom is -0.325 e. The summed E-state index contributed by atoms with van der Waals surface area (Å²) in [5.41, 5.74) is 1.64. The molecule has 5 N–H and O–H groups in total. The molecule has 13 heteroatoms. The van der Waals surface area contributed by atoms with E-state index in [0.717, 1.165) is 11.9 Å². The van der Waals surface area contributed by atoms with Gasteiger partial charge in [0.25, 0.3) is 0 Å². The zero-order chi connectivity index (χ0) is 23.7. The minimum absolute atomic E-state index is 0.0311. The van der Waals surface area contributed by atoms with Gasteiger partial charge in [0.2, 0.25) is 26.0 Å². The van der Waals surface area contributed by atoms with Crippen LogP contribution in [0.25, 0.3) is 11.0 Å². The number of hydrogen-bond donors (Lipinski definition) is 3. The maximum atomic E-state index is 12.7. The SMILES string of the molecule is CCCn1c(S[C@H](C)C(=O)Nc2ccc(S(N)(=O)=O)cc2)nc2cc(S(N)(=O)=O)ccc21. The molecule has 0 fully saturated rings. The fourth-order valence-electron chi connectivity index (χ4n) is 2.98. The zero-order valence-corrected chi connectivity index (χ0v) is 19.8. The van der Waals surface area contributed by atoms with Crippen LogP contribution in [0.5, 0.6) is 0 Å². The molecule has 0 saturated heterocycles. The first-order chi connectivity index (χ1) is 14.9. The van der Waals surface area contributed by atoms with Gasteiger partial charge in [-0.3, -0.25) is 4.79 Å². The van der Waals surface area contributed by atoms with Gasteiger partial charge in [0.1, 0.15) is 0 Å². The summed E-state index contributed by atoms with van der Waals surface area (Å²) in [6.07, 6.45) is 0.812. The third-order valence-corrected chi connectivity index (χ3v) is 7.49. The number of primary sulfonamides is 2. The first-order valence-electron chi connectivity index (χ1n) is 9.53. The van der Waals surface area contributed by atoms with Crippen LogP contribution in [0.15, 0.2) is 57.4 Å². The quantitative estimate of drug-likeness (QED) is 0.399. The number of nitrogens with one attached hydrogen (secondary N) is 1. The van der Waals surface area contributed by atoms with Gasteiger partial charge in [-0.1, -0.05) is 18.7 Å². The van der Waals surface area contributed by atoms with E-state index in [4.69, 9.17) is 10.3 Å². The number of benzene rings is 2. The number of thioether (sulfide) groups is 1. The number of aryl methyl sites for hydroxylation is 1. The molecule has 0 aliphatic carbocycles. The molecular formula is C19H23N5O5S3. The maximum absolute atomic E-state index is 12.7. The lowest BCUT2D eigenvalue weighted by Gasteiger charge is -2.13. The fourth-order valence-corrected chi connectivity index (χ4v) is 4.98. The minimum atomic E-state index is -3.86. The number of amides is 1. The molecule has 1 atom stereocenters. The molecule has 0 radical (unpaired) electrons. The lowest BCUT2D eigenvalue weighted by Crippen LogP contribution is -2.23. The third kappa shape index (κ3) is 5.48. The summed E-state index contributed by atoms with van der Waals surface area (Å²) in [6.45, 7) is 4.35. The van der Waals surface area contributed by atoms with Crippen molar-refractivity contribution < 1.29 is 21.6 Å². The number of imidazole rings is 1. The van der Waals surface area contributed by atoms with E-state index >= 15 is 0 Å². The molecule has 1 aromatic heterocycles.